The van der Waals surface area contributed by atoms with Gasteiger partial charge >= 0.3 is 5.97 Å². The SMILES string of the molecule is CC1(C(=O)O)CCCN1C(=O)CCC1CCCCN1. The molecule has 108 valence electrons. The van der Waals surface area contributed by atoms with Crippen molar-refractivity contribution in [1.82, 2.24) is 10.2 Å². The Hall–Kier alpha value is -1.10. The van der Waals surface area contributed by atoms with Gasteiger partial charge in [0.1, 0.15) is 5.54 Å². The third-order valence-corrected chi connectivity index (χ3v) is 4.52. The number of piperidine rings is 1. The van der Waals surface area contributed by atoms with Crippen LogP contribution in [-0.4, -0.2) is 46.6 Å². The maximum atomic E-state index is 12.2. The lowest BCUT2D eigenvalue weighted by Crippen LogP contribution is -2.51. The summed E-state index contributed by atoms with van der Waals surface area (Å²) in [4.78, 5) is 25.1. The number of nitrogens with zero attached hydrogens (tertiary/aromatic N) is 1. The zero-order chi connectivity index (χ0) is 13.9. The number of carbonyl (C=O) groups excluding carboxylic acids is 1. The number of nitrogens with one attached hydrogen (secondary N) is 1. The zero-order valence-electron chi connectivity index (χ0n) is 11.7. The highest BCUT2D eigenvalue weighted by molar-refractivity contribution is 5.87. The normalized spacial score (nSPS) is 31.4. The Kier molecular flexibility index (Phi) is 4.45. The van der Waals surface area contributed by atoms with Crippen molar-refractivity contribution in [3.63, 3.8) is 0 Å². The molecule has 5 nitrogen and oxygen atoms in total. The molecule has 2 saturated heterocycles. The molecule has 0 spiro atoms. The fourth-order valence-electron chi connectivity index (χ4n) is 3.19. The lowest BCUT2D eigenvalue weighted by atomic mass is 9.97. The number of rotatable bonds is 4. The Bertz CT molecular complexity index is 353. The van der Waals surface area contributed by atoms with Crippen LogP contribution in [0.15, 0.2) is 0 Å². The molecule has 2 unspecified atom stereocenters. The van der Waals surface area contributed by atoms with E-state index in [-0.39, 0.29) is 5.91 Å². The van der Waals surface area contributed by atoms with Crippen molar-refractivity contribution in [2.45, 2.75) is 63.5 Å². The molecular formula is C14H24N2O3. The van der Waals surface area contributed by atoms with Crippen molar-refractivity contribution in [2.24, 2.45) is 0 Å². The second-order valence-electron chi connectivity index (χ2n) is 5.91. The molecule has 0 aromatic rings. The summed E-state index contributed by atoms with van der Waals surface area (Å²) >= 11 is 0. The second-order valence-corrected chi connectivity index (χ2v) is 5.91. The van der Waals surface area contributed by atoms with Crippen LogP contribution < -0.4 is 5.32 Å². The highest BCUT2D eigenvalue weighted by atomic mass is 16.4. The van der Waals surface area contributed by atoms with E-state index in [0.29, 0.717) is 25.4 Å². The number of aliphatic carboxylic acids is 1. The Balaban J connectivity index is 1.87. The summed E-state index contributed by atoms with van der Waals surface area (Å²) in [5.74, 6) is -0.885. The third-order valence-electron chi connectivity index (χ3n) is 4.52. The van der Waals surface area contributed by atoms with E-state index in [1.807, 2.05) is 0 Å². The lowest BCUT2D eigenvalue weighted by Gasteiger charge is -2.32. The van der Waals surface area contributed by atoms with Gasteiger partial charge in [-0.3, -0.25) is 4.79 Å². The minimum Gasteiger partial charge on any atom is -0.480 e. The van der Waals surface area contributed by atoms with Gasteiger partial charge in [-0.05, 0) is 45.6 Å². The van der Waals surface area contributed by atoms with Gasteiger partial charge < -0.3 is 15.3 Å². The summed E-state index contributed by atoms with van der Waals surface area (Å²) in [7, 11) is 0. The van der Waals surface area contributed by atoms with Crippen LogP contribution in [-0.2, 0) is 9.59 Å². The van der Waals surface area contributed by atoms with Gasteiger partial charge in [-0.15, -0.1) is 0 Å². The maximum absolute atomic E-state index is 12.2. The minimum absolute atomic E-state index is 0.00484. The molecule has 2 heterocycles. The van der Waals surface area contributed by atoms with Crippen molar-refractivity contribution >= 4 is 11.9 Å². The Labute approximate surface area is 114 Å². The van der Waals surface area contributed by atoms with E-state index >= 15 is 0 Å². The number of hydrogen-bond acceptors (Lipinski definition) is 3. The average molecular weight is 268 g/mol. The standard InChI is InChI=1S/C14H24N2O3/c1-14(13(18)19)8-4-10-16(14)12(17)7-6-11-5-2-3-9-15-11/h11,15H,2-10H2,1H3,(H,18,19). The first-order valence-electron chi connectivity index (χ1n) is 7.31. The average Bonchev–Trinajstić information content (AvgIpc) is 2.81. The maximum Gasteiger partial charge on any atom is 0.329 e. The summed E-state index contributed by atoms with van der Waals surface area (Å²) in [6.45, 7) is 3.29. The Morgan fingerprint density at radius 2 is 2.16 bits per heavy atom. The molecule has 0 aliphatic carbocycles. The molecule has 0 bridgehead atoms. The molecule has 2 aliphatic heterocycles. The van der Waals surface area contributed by atoms with Crippen LogP contribution in [0.3, 0.4) is 0 Å². The van der Waals surface area contributed by atoms with E-state index in [0.717, 1.165) is 25.8 Å². The smallest absolute Gasteiger partial charge is 0.329 e. The number of hydrogen-bond donors (Lipinski definition) is 2. The fourth-order valence-corrected chi connectivity index (χ4v) is 3.19. The summed E-state index contributed by atoms with van der Waals surface area (Å²) in [5.41, 5.74) is -0.989. The molecule has 1 amide bonds. The van der Waals surface area contributed by atoms with Crippen molar-refractivity contribution in [3.05, 3.63) is 0 Å². The summed E-state index contributed by atoms with van der Waals surface area (Å²) in [5, 5.41) is 12.7. The van der Waals surface area contributed by atoms with Gasteiger partial charge in [0.2, 0.25) is 5.91 Å². The molecule has 2 aliphatic rings. The first kappa shape index (κ1) is 14.3. The molecular weight excluding hydrogens is 244 g/mol. The zero-order valence-corrected chi connectivity index (χ0v) is 11.7. The highest BCUT2D eigenvalue weighted by Gasteiger charge is 2.45. The van der Waals surface area contributed by atoms with Crippen molar-refractivity contribution in [2.75, 3.05) is 13.1 Å². The van der Waals surface area contributed by atoms with Crippen molar-refractivity contribution < 1.29 is 14.7 Å². The fraction of sp³-hybridized carbons (Fsp3) is 0.857. The number of carboxylic acids is 1. The van der Waals surface area contributed by atoms with Gasteiger partial charge in [0.05, 0.1) is 0 Å². The molecule has 19 heavy (non-hydrogen) atoms. The van der Waals surface area contributed by atoms with Gasteiger partial charge in [-0.2, -0.15) is 0 Å². The summed E-state index contributed by atoms with van der Waals surface area (Å²) in [6, 6.07) is 0.427. The molecule has 0 aromatic carbocycles. The largest absolute Gasteiger partial charge is 0.480 e. The summed E-state index contributed by atoms with van der Waals surface area (Å²) < 4.78 is 0. The molecule has 2 fully saturated rings. The van der Waals surface area contributed by atoms with Crippen molar-refractivity contribution in [3.8, 4) is 0 Å². The molecule has 0 aromatic heterocycles. The van der Waals surface area contributed by atoms with Crippen LogP contribution in [0.4, 0.5) is 0 Å². The van der Waals surface area contributed by atoms with E-state index in [1.165, 1.54) is 12.8 Å². The van der Waals surface area contributed by atoms with Gasteiger partial charge in [0.15, 0.2) is 0 Å². The Morgan fingerprint density at radius 1 is 1.37 bits per heavy atom. The molecule has 2 atom stereocenters. The third kappa shape index (κ3) is 3.08. The van der Waals surface area contributed by atoms with Crippen LogP contribution in [0.5, 0.6) is 0 Å². The molecule has 0 radical (unpaired) electrons. The van der Waals surface area contributed by atoms with Gasteiger partial charge in [-0.25, -0.2) is 4.79 Å². The van der Waals surface area contributed by atoms with Crippen LogP contribution in [0.2, 0.25) is 0 Å². The second kappa shape index (κ2) is 5.90. The van der Waals surface area contributed by atoms with Gasteiger partial charge in [0.25, 0.3) is 0 Å². The predicted octanol–water partition coefficient (Wildman–Crippen LogP) is 1.37. The van der Waals surface area contributed by atoms with Crippen LogP contribution in [0.25, 0.3) is 0 Å². The van der Waals surface area contributed by atoms with Crippen molar-refractivity contribution in [1.29, 1.82) is 0 Å². The molecule has 2 rings (SSSR count). The minimum atomic E-state index is -0.989. The highest BCUT2D eigenvalue weighted by Crippen LogP contribution is 2.30. The summed E-state index contributed by atoms with van der Waals surface area (Å²) in [6.07, 6.45) is 6.21. The monoisotopic (exact) mass is 268 g/mol. The molecule has 2 N–H and O–H groups in total. The quantitative estimate of drug-likeness (QED) is 0.808. The molecule has 0 saturated carbocycles. The topological polar surface area (TPSA) is 69.6 Å². The van der Waals surface area contributed by atoms with Gasteiger partial charge in [-0.1, -0.05) is 6.42 Å². The van der Waals surface area contributed by atoms with E-state index in [2.05, 4.69) is 5.32 Å². The number of carboxylic acid groups (broad SMARTS) is 1. The van der Waals surface area contributed by atoms with Gasteiger partial charge in [0, 0.05) is 19.0 Å². The van der Waals surface area contributed by atoms with E-state index in [4.69, 9.17) is 0 Å². The van der Waals surface area contributed by atoms with Crippen LogP contribution >= 0.6 is 0 Å². The molecule has 5 heteroatoms. The first-order chi connectivity index (χ1) is 9.04. The lowest BCUT2D eigenvalue weighted by molar-refractivity contribution is -0.155. The predicted molar refractivity (Wildman–Crippen MR) is 71.9 cm³/mol. The van der Waals surface area contributed by atoms with Crippen LogP contribution in [0.1, 0.15) is 51.9 Å². The number of likely N-dealkylation sites (tertiary alicyclic amines) is 1. The number of carbonyl (C=O) groups is 2. The van der Waals surface area contributed by atoms with E-state index in [9.17, 15) is 14.7 Å². The van der Waals surface area contributed by atoms with Crippen LogP contribution in [0, 0.1) is 0 Å². The first-order valence-corrected chi connectivity index (χ1v) is 7.31. The van der Waals surface area contributed by atoms with E-state index < -0.39 is 11.5 Å². The Morgan fingerprint density at radius 3 is 2.79 bits per heavy atom. The van der Waals surface area contributed by atoms with E-state index in [1.54, 1.807) is 11.8 Å². The number of amides is 1.